The van der Waals surface area contributed by atoms with E-state index in [0.717, 1.165) is 22.0 Å². The summed E-state index contributed by atoms with van der Waals surface area (Å²) in [5.74, 6) is -1.95. The van der Waals surface area contributed by atoms with E-state index >= 15 is 0 Å². The highest BCUT2D eigenvalue weighted by atomic mass is 35.5. The van der Waals surface area contributed by atoms with Crippen LogP contribution in [0.4, 0.5) is 10.5 Å². The fourth-order valence-electron chi connectivity index (χ4n) is 4.07. The van der Waals surface area contributed by atoms with Crippen molar-refractivity contribution in [3.8, 4) is 5.69 Å². The van der Waals surface area contributed by atoms with Crippen LogP contribution in [0, 0.1) is 20.8 Å². The number of urea groups is 1. The van der Waals surface area contributed by atoms with Crippen molar-refractivity contribution in [1.29, 1.82) is 0 Å². The molecule has 8 nitrogen and oxygen atoms in total. The molecule has 2 aromatic carbocycles. The Morgan fingerprint density at radius 1 is 1.03 bits per heavy atom. The van der Waals surface area contributed by atoms with Crippen molar-refractivity contribution in [2.45, 2.75) is 20.8 Å². The Balaban J connectivity index is 1.74. The zero-order chi connectivity index (χ0) is 25.4. The third kappa shape index (κ3) is 4.24. The zero-order valence-electron chi connectivity index (χ0n) is 19.5. The number of aryl methyl sites for hydroxylation is 1. The van der Waals surface area contributed by atoms with E-state index in [1.54, 1.807) is 49.4 Å². The largest absolute Gasteiger partial charge is 0.465 e. The number of halogens is 1. The molecular weight excluding hydrogens is 470 g/mol. The first kappa shape index (κ1) is 24.0. The third-order valence-corrected chi connectivity index (χ3v) is 6.31. The maximum absolute atomic E-state index is 13.3. The van der Waals surface area contributed by atoms with Gasteiger partial charge in [0.1, 0.15) is 5.57 Å². The van der Waals surface area contributed by atoms with Crippen LogP contribution >= 0.6 is 11.6 Å². The van der Waals surface area contributed by atoms with E-state index in [9.17, 15) is 19.2 Å². The number of ether oxygens (including phenoxy) is 1. The number of hydrogen-bond donors (Lipinski definition) is 1. The second-order valence-corrected chi connectivity index (χ2v) is 8.45. The van der Waals surface area contributed by atoms with Crippen LogP contribution in [-0.2, 0) is 14.3 Å². The monoisotopic (exact) mass is 491 g/mol. The maximum Gasteiger partial charge on any atom is 0.337 e. The van der Waals surface area contributed by atoms with Gasteiger partial charge in [0.2, 0.25) is 0 Å². The molecule has 1 fully saturated rings. The Kier molecular flexibility index (Phi) is 6.32. The number of aromatic nitrogens is 1. The number of carbonyl (C=O) groups is 4. The average molecular weight is 492 g/mol. The van der Waals surface area contributed by atoms with E-state index in [1.807, 2.05) is 24.5 Å². The highest BCUT2D eigenvalue weighted by molar-refractivity contribution is 6.40. The summed E-state index contributed by atoms with van der Waals surface area (Å²) in [5.41, 5.74) is 4.14. The summed E-state index contributed by atoms with van der Waals surface area (Å²) in [7, 11) is 1.32. The first-order chi connectivity index (χ1) is 16.6. The van der Waals surface area contributed by atoms with Crippen molar-refractivity contribution in [3.63, 3.8) is 0 Å². The lowest BCUT2D eigenvalue weighted by Crippen LogP contribution is -2.54. The van der Waals surface area contributed by atoms with Crippen molar-refractivity contribution in [1.82, 2.24) is 9.88 Å². The van der Waals surface area contributed by atoms with Gasteiger partial charge in [0.15, 0.2) is 0 Å². The molecule has 4 rings (SSSR count). The fraction of sp³-hybridized carbons (Fsp3) is 0.154. The molecule has 9 heteroatoms. The van der Waals surface area contributed by atoms with Crippen molar-refractivity contribution < 1.29 is 23.9 Å². The predicted molar refractivity (Wildman–Crippen MR) is 132 cm³/mol. The van der Waals surface area contributed by atoms with Crippen molar-refractivity contribution in [2.75, 3.05) is 12.0 Å². The number of barbiturate groups is 1. The number of esters is 1. The molecule has 0 unspecified atom stereocenters. The zero-order valence-corrected chi connectivity index (χ0v) is 20.3. The van der Waals surface area contributed by atoms with Gasteiger partial charge in [0, 0.05) is 22.1 Å². The van der Waals surface area contributed by atoms with Gasteiger partial charge in [0.05, 0.1) is 18.4 Å². The predicted octanol–water partition coefficient (Wildman–Crippen LogP) is 4.51. The van der Waals surface area contributed by atoms with Crippen LogP contribution in [0.25, 0.3) is 11.8 Å². The van der Waals surface area contributed by atoms with Gasteiger partial charge in [-0.2, -0.15) is 0 Å². The van der Waals surface area contributed by atoms with Gasteiger partial charge in [-0.05, 0) is 80.4 Å². The van der Waals surface area contributed by atoms with Crippen molar-refractivity contribution in [3.05, 3.63) is 87.2 Å². The van der Waals surface area contributed by atoms with E-state index < -0.39 is 23.8 Å². The molecule has 1 aliphatic rings. The van der Waals surface area contributed by atoms with Crippen LogP contribution < -0.4 is 10.2 Å². The quantitative estimate of drug-likeness (QED) is 0.329. The molecule has 1 aliphatic heterocycles. The average Bonchev–Trinajstić information content (AvgIpc) is 3.11. The maximum atomic E-state index is 13.3. The molecule has 3 aromatic rings. The van der Waals surface area contributed by atoms with Crippen LogP contribution in [0.5, 0.6) is 0 Å². The lowest BCUT2D eigenvalue weighted by molar-refractivity contribution is -0.122. The Labute approximate surface area is 206 Å². The molecular formula is C26H22ClN3O5. The highest BCUT2D eigenvalue weighted by Gasteiger charge is 2.37. The van der Waals surface area contributed by atoms with E-state index in [2.05, 4.69) is 5.32 Å². The summed E-state index contributed by atoms with van der Waals surface area (Å²) < 4.78 is 6.67. The van der Waals surface area contributed by atoms with E-state index in [0.29, 0.717) is 27.4 Å². The number of amides is 4. The van der Waals surface area contributed by atoms with Crippen LogP contribution in [-0.4, -0.2) is 35.5 Å². The Hall–Kier alpha value is -4.17. The van der Waals surface area contributed by atoms with Gasteiger partial charge in [-0.15, -0.1) is 0 Å². The number of methoxy groups -OCH3 is 1. The second-order valence-electron chi connectivity index (χ2n) is 8.04. The van der Waals surface area contributed by atoms with Gasteiger partial charge >= 0.3 is 12.0 Å². The molecule has 0 saturated carbocycles. The molecule has 35 heavy (non-hydrogen) atoms. The molecule has 0 spiro atoms. The first-order valence-corrected chi connectivity index (χ1v) is 11.1. The summed E-state index contributed by atoms with van der Waals surface area (Å²) in [5, 5.41) is 2.63. The van der Waals surface area contributed by atoms with Crippen LogP contribution in [0.2, 0.25) is 5.02 Å². The summed E-state index contributed by atoms with van der Waals surface area (Å²) in [6, 6.07) is 12.8. The number of anilines is 1. The van der Waals surface area contributed by atoms with Crippen LogP contribution in [0.3, 0.4) is 0 Å². The molecule has 1 aromatic heterocycles. The van der Waals surface area contributed by atoms with E-state index in [1.165, 1.54) is 13.2 Å². The normalized spacial score (nSPS) is 14.9. The van der Waals surface area contributed by atoms with Crippen LogP contribution in [0.15, 0.2) is 54.1 Å². The number of nitrogens with zero attached hydrogens (tertiary/aromatic N) is 2. The number of nitrogens with one attached hydrogen (secondary N) is 1. The molecule has 0 atom stereocenters. The Morgan fingerprint density at radius 3 is 2.37 bits per heavy atom. The molecule has 4 amide bonds. The number of carbonyl (C=O) groups excluding carboxylic acids is 4. The molecule has 178 valence electrons. The number of imide groups is 2. The smallest absolute Gasteiger partial charge is 0.337 e. The minimum Gasteiger partial charge on any atom is -0.465 e. The SMILES string of the molecule is COC(=O)c1ccc(-n2c(C)cc(/C=C3\C(=O)NC(=O)N(c4cccc(Cl)c4C)C3=O)c2C)cc1. The van der Waals surface area contributed by atoms with E-state index in [-0.39, 0.29) is 5.57 Å². The van der Waals surface area contributed by atoms with Crippen molar-refractivity contribution >= 4 is 47.2 Å². The summed E-state index contributed by atoms with van der Waals surface area (Å²) in [4.78, 5) is 51.1. The standard InChI is InChI=1S/C26H22ClN3O5/c1-14-12-18(16(3)29(14)19-10-8-17(9-11-19)25(33)35-4)13-20-23(31)28-26(34)30(24(20)32)22-7-5-6-21(27)15(22)2/h5-13H,1-4H3,(H,28,31,34)/b20-13+. The number of hydrogen-bond acceptors (Lipinski definition) is 5. The van der Waals surface area contributed by atoms with Crippen molar-refractivity contribution in [2.24, 2.45) is 0 Å². The lowest BCUT2D eigenvalue weighted by Gasteiger charge is -2.27. The Bertz CT molecular complexity index is 1420. The highest BCUT2D eigenvalue weighted by Crippen LogP contribution is 2.30. The Morgan fingerprint density at radius 2 is 1.71 bits per heavy atom. The second kappa shape index (κ2) is 9.23. The van der Waals surface area contributed by atoms with Gasteiger partial charge in [-0.3, -0.25) is 14.9 Å². The summed E-state index contributed by atoms with van der Waals surface area (Å²) in [6.45, 7) is 5.43. The van der Waals surface area contributed by atoms with Gasteiger partial charge < -0.3 is 9.30 Å². The summed E-state index contributed by atoms with van der Waals surface area (Å²) >= 11 is 6.18. The summed E-state index contributed by atoms with van der Waals surface area (Å²) in [6.07, 6.45) is 1.47. The topological polar surface area (TPSA) is 97.7 Å². The van der Waals surface area contributed by atoms with Gasteiger partial charge in [-0.1, -0.05) is 17.7 Å². The fourth-order valence-corrected chi connectivity index (χ4v) is 4.24. The third-order valence-electron chi connectivity index (χ3n) is 5.90. The first-order valence-electron chi connectivity index (χ1n) is 10.7. The molecule has 0 bridgehead atoms. The lowest BCUT2D eigenvalue weighted by atomic mass is 10.1. The van der Waals surface area contributed by atoms with E-state index in [4.69, 9.17) is 16.3 Å². The minimum atomic E-state index is -0.835. The molecule has 2 heterocycles. The molecule has 1 N–H and O–H groups in total. The molecule has 0 aliphatic carbocycles. The van der Waals surface area contributed by atoms with Gasteiger partial charge in [0.25, 0.3) is 11.8 Å². The number of benzene rings is 2. The number of rotatable bonds is 4. The van der Waals surface area contributed by atoms with Gasteiger partial charge in [-0.25, -0.2) is 14.5 Å². The molecule has 1 saturated heterocycles. The molecule has 0 radical (unpaired) electrons. The van der Waals surface area contributed by atoms with Crippen LogP contribution in [0.1, 0.15) is 32.9 Å². The minimum absolute atomic E-state index is 0.176.